The summed E-state index contributed by atoms with van der Waals surface area (Å²) in [6.07, 6.45) is 1.10. The van der Waals surface area contributed by atoms with Crippen molar-refractivity contribution in [3.05, 3.63) is 65.2 Å². The third-order valence-corrected chi connectivity index (χ3v) is 3.97. The van der Waals surface area contributed by atoms with Gasteiger partial charge in [0.2, 0.25) is 0 Å². The van der Waals surface area contributed by atoms with Gasteiger partial charge in [0.15, 0.2) is 0 Å². The largest absolute Gasteiger partial charge is 0.497 e. The fourth-order valence-electron chi connectivity index (χ4n) is 2.71. The zero-order valence-electron chi connectivity index (χ0n) is 12.5. The molecule has 0 saturated carbocycles. The molecule has 106 valence electrons. The molecule has 1 atom stereocenters. The Morgan fingerprint density at radius 3 is 2.62 bits per heavy atom. The number of hydrogen-bond acceptors (Lipinski definition) is 2. The highest BCUT2D eigenvalue weighted by Crippen LogP contribution is 2.27. The molecule has 2 nitrogen and oxygen atoms in total. The van der Waals surface area contributed by atoms with Crippen molar-refractivity contribution in [2.75, 3.05) is 20.7 Å². The molecule has 1 aliphatic rings. The SMILES string of the molecule is COc1ccc(C#CC2c3ccccc3CCN2C)cc1. The van der Waals surface area contributed by atoms with Crippen molar-refractivity contribution in [2.24, 2.45) is 0 Å². The van der Waals surface area contributed by atoms with Gasteiger partial charge in [0.05, 0.1) is 13.2 Å². The van der Waals surface area contributed by atoms with Gasteiger partial charge in [0.25, 0.3) is 0 Å². The molecule has 0 fully saturated rings. The molecule has 2 aromatic carbocycles. The van der Waals surface area contributed by atoms with E-state index in [1.807, 2.05) is 24.3 Å². The third kappa shape index (κ3) is 2.94. The Hall–Kier alpha value is -2.24. The topological polar surface area (TPSA) is 12.5 Å². The first-order valence-corrected chi connectivity index (χ1v) is 7.21. The summed E-state index contributed by atoms with van der Waals surface area (Å²) >= 11 is 0. The summed E-state index contributed by atoms with van der Waals surface area (Å²) in [6, 6.07) is 16.7. The van der Waals surface area contributed by atoms with Crippen LogP contribution < -0.4 is 4.74 Å². The van der Waals surface area contributed by atoms with Crippen molar-refractivity contribution in [3.63, 3.8) is 0 Å². The maximum absolute atomic E-state index is 5.17. The molecular formula is C19H19NO. The van der Waals surface area contributed by atoms with Crippen LogP contribution in [0.5, 0.6) is 5.75 Å². The lowest BCUT2D eigenvalue weighted by Gasteiger charge is -2.31. The van der Waals surface area contributed by atoms with E-state index >= 15 is 0 Å². The summed E-state index contributed by atoms with van der Waals surface area (Å²) in [4.78, 5) is 2.32. The van der Waals surface area contributed by atoms with E-state index in [0.29, 0.717) is 0 Å². The number of likely N-dealkylation sites (N-methyl/N-ethyl adjacent to an activating group) is 1. The molecule has 0 saturated heterocycles. The molecule has 2 aromatic rings. The zero-order chi connectivity index (χ0) is 14.7. The van der Waals surface area contributed by atoms with Crippen LogP contribution in [0.25, 0.3) is 0 Å². The molecule has 0 radical (unpaired) electrons. The molecule has 2 heteroatoms. The second-order valence-electron chi connectivity index (χ2n) is 5.33. The van der Waals surface area contributed by atoms with Crippen molar-refractivity contribution >= 4 is 0 Å². The van der Waals surface area contributed by atoms with Crippen LogP contribution in [0.15, 0.2) is 48.5 Å². The number of nitrogens with zero attached hydrogens (tertiary/aromatic N) is 1. The van der Waals surface area contributed by atoms with E-state index in [-0.39, 0.29) is 6.04 Å². The van der Waals surface area contributed by atoms with Crippen LogP contribution in [0, 0.1) is 11.8 Å². The van der Waals surface area contributed by atoms with Crippen LogP contribution in [0.2, 0.25) is 0 Å². The quantitative estimate of drug-likeness (QED) is 0.742. The van der Waals surface area contributed by atoms with Crippen molar-refractivity contribution in [1.29, 1.82) is 0 Å². The van der Waals surface area contributed by atoms with E-state index in [1.54, 1.807) is 7.11 Å². The average Bonchev–Trinajstić information content (AvgIpc) is 2.54. The monoisotopic (exact) mass is 277 g/mol. The van der Waals surface area contributed by atoms with Gasteiger partial charge in [-0.3, -0.25) is 4.90 Å². The van der Waals surface area contributed by atoms with Gasteiger partial charge in [-0.05, 0) is 48.9 Å². The molecule has 0 N–H and O–H groups in total. The standard InChI is InChI=1S/C19H19NO/c1-20-14-13-16-5-3-4-6-18(16)19(20)12-9-15-7-10-17(21-2)11-8-15/h3-8,10-11,19H,13-14H2,1-2H3. The Morgan fingerprint density at radius 2 is 1.86 bits per heavy atom. The number of fused-ring (bicyclic) bond motifs is 1. The lowest BCUT2D eigenvalue weighted by molar-refractivity contribution is 0.279. The molecule has 1 unspecified atom stereocenters. The predicted molar refractivity (Wildman–Crippen MR) is 85.4 cm³/mol. The number of ether oxygens (including phenoxy) is 1. The van der Waals surface area contributed by atoms with Gasteiger partial charge >= 0.3 is 0 Å². The van der Waals surface area contributed by atoms with E-state index in [9.17, 15) is 0 Å². The fourth-order valence-corrected chi connectivity index (χ4v) is 2.71. The molecule has 21 heavy (non-hydrogen) atoms. The average molecular weight is 277 g/mol. The minimum absolute atomic E-state index is 0.178. The zero-order valence-corrected chi connectivity index (χ0v) is 12.5. The van der Waals surface area contributed by atoms with Crippen LogP contribution in [-0.4, -0.2) is 25.6 Å². The maximum Gasteiger partial charge on any atom is 0.118 e. The first-order valence-electron chi connectivity index (χ1n) is 7.21. The van der Waals surface area contributed by atoms with Crippen LogP contribution in [0.4, 0.5) is 0 Å². The Balaban J connectivity index is 1.89. The van der Waals surface area contributed by atoms with Gasteiger partial charge in [-0.2, -0.15) is 0 Å². The summed E-state index contributed by atoms with van der Waals surface area (Å²) in [5.41, 5.74) is 3.78. The Bertz CT molecular complexity index is 679. The Kier molecular flexibility index (Phi) is 3.94. The number of hydrogen-bond donors (Lipinski definition) is 0. The van der Waals surface area contributed by atoms with E-state index in [0.717, 1.165) is 24.3 Å². The highest BCUT2D eigenvalue weighted by atomic mass is 16.5. The van der Waals surface area contributed by atoms with Gasteiger partial charge in [-0.1, -0.05) is 36.1 Å². The lowest BCUT2D eigenvalue weighted by Crippen LogP contribution is -2.31. The highest BCUT2D eigenvalue weighted by Gasteiger charge is 2.22. The summed E-state index contributed by atoms with van der Waals surface area (Å²) in [5.74, 6) is 7.57. The second kappa shape index (κ2) is 6.03. The summed E-state index contributed by atoms with van der Waals surface area (Å²) < 4.78 is 5.17. The van der Waals surface area contributed by atoms with Crippen LogP contribution in [-0.2, 0) is 6.42 Å². The minimum Gasteiger partial charge on any atom is -0.497 e. The summed E-state index contributed by atoms with van der Waals surface area (Å²) in [5, 5.41) is 0. The first kappa shape index (κ1) is 13.7. The van der Waals surface area contributed by atoms with Crippen molar-refractivity contribution in [2.45, 2.75) is 12.5 Å². The van der Waals surface area contributed by atoms with Crippen molar-refractivity contribution in [3.8, 4) is 17.6 Å². The van der Waals surface area contributed by atoms with Crippen LogP contribution in [0.1, 0.15) is 22.7 Å². The minimum atomic E-state index is 0.178. The Labute approximate surface area is 126 Å². The third-order valence-electron chi connectivity index (χ3n) is 3.97. The van der Waals surface area contributed by atoms with E-state index in [4.69, 9.17) is 4.74 Å². The smallest absolute Gasteiger partial charge is 0.118 e. The first-order chi connectivity index (χ1) is 10.3. The maximum atomic E-state index is 5.17. The van der Waals surface area contributed by atoms with Crippen LogP contribution in [0.3, 0.4) is 0 Å². The predicted octanol–water partition coefficient (Wildman–Crippen LogP) is 3.28. The molecule has 0 amide bonds. The second-order valence-corrected chi connectivity index (χ2v) is 5.33. The van der Waals surface area contributed by atoms with Gasteiger partial charge < -0.3 is 4.74 Å². The van der Waals surface area contributed by atoms with E-state index in [2.05, 4.69) is 48.1 Å². The molecule has 3 rings (SSSR count). The highest BCUT2D eigenvalue weighted by molar-refractivity contribution is 5.43. The van der Waals surface area contributed by atoms with Gasteiger partial charge in [0, 0.05) is 12.1 Å². The number of benzene rings is 2. The molecule has 0 spiro atoms. The molecule has 0 aliphatic carbocycles. The number of methoxy groups -OCH3 is 1. The molecule has 1 aliphatic heterocycles. The lowest BCUT2D eigenvalue weighted by atomic mass is 9.93. The normalized spacial score (nSPS) is 17.5. The molecule has 0 aromatic heterocycles. The molecule has 0 bridgehead atoms. The summed E-state index contributed by atoms with van der Waals surface area (Å²) in [7, 11) is 3.82. The summed E-state index contributed by atoms with van der Waals surface area (Å²) in [6.45, 7) is 1.05. The van der Waals surface area contributed by atoms with Gasteiger partial charge in [-0.25, -0.2) is 0 Å². The number of rotatable bonds is 1. The molecule has 1 heterocycles. The van der Waals surface area contributed by atoms with Crippen molar-refractivity contribution in [1.82, 2.24) is 4.90 Å². The van der Waals surface area contributed by atoms with Gasteiger partial charge in [0.1, 0.15) is 5.75 Å². The van der Waals surface area contributed by atoms with Gasteiger partial charge in [-0.15, -0.1) is 0 Å². The Morgan fingerprint density at radius 1 is 1.10 bits per heavy atom. The molecular weight excluding hydrogens is 258 g/mol. The fraction of sp³-hybridized carbons (Fsp3) is 0.263. The van der Waals surface area contributed by atoms with Crippen molar-refractivity contribution < 1.29 is 4.74 Å². The van der Waals surface area contributed by atoms with E-state index < -0.39 is 0 Å². The van der Waals surface area contributed by atoms with Crippen LogP contribution >= 0.6 is 0 Å². The van der Waals surface area contributed by atoms with E-state index in [1.165, 1.54) is 11.1 Å².